The van der Waals surface area contributed by atoms with E-state index in [1.165, 1.54) is 0 Å². The van der Waals surface area contributed by atoms with Crippen LogP contribution in [0.3, 0.4) is 0 Å². The summed E-state index contributed by atoms with van der Waals surface area (Å²) in [5, 5.41) is 3.24. The third-order valence-corrected chi connectivity index (χ3v) is 3.82. The maximum absolute atomic E-state index is 12.2. The molecule has 2 aromatic carbocycles. The van der Waals surface area contributed by atoms with Gasteiger partial charge in [0.2, 0.25) is 0 Å². The summed E-state index contributed by atoms with van der Waals surface area (Å²) in [6.07, 6.45) is 0. The van der Waals surface area contributed by atoms with E-state index in [0.717, 1.165) is 4.47 Å². The van der Waals surface area contributed by atoms with E-state index in [1.807, 2.05) is 0 Å². The Labute approximate surface area is 140 Å². The fraction of sp³-hybridized carbons (Fsp3) is 0.0588. The highest BCUT2D eigenvalue weighted by molar-refractivity contribution is 9.10. The van der Waals surface area contributed by atoms with Crippen molar-refractivity contribution in [2.24, 2.45) is 0 Å². The SMILES string of the molecule is COc1ccc2oc(=O)c(NC(=O)c3ccc(Br)cc3)cc2c1. The lowest BCUT2D eigenvalue weighted by Gasteiger charge is -2.06. The molecule has 1 N–H and O–H groups in total. The van der Waals surface area contributed by atoms with E-state index >= 15 is 0 Å². The largest absolute Gasteiger partial charge is 0.497 e. The number of rotatable bonds is 3. The van der Waals surface area contributed by atoms with Crippen LogP contribution in [0.25, 0.3) is 11.0 Å². The number of fused-ring (bicyclic) bond motifs is 1. The molecule has 1 aromatic heterocycles. The van der Waals surface area contributed by atoms with Crippen molar-refractivity contribution in [3.05, 3.63) is 69.0 Å². The standard InChI is InChI=1S/C17H12BrNO4/c1-22-13-6-7-15-11(8-13)9-14(17(21)23-15)19-16(20)10-2-4-12(18)5-3-10/h2-9H,1H3,(H,19,20). The van der Waals surface area contributed by atoms with Crippen LogP contribution in [0, 0.1) is 0 Å². The number of carbonyl (C=O) groups excluding carboxylic acids is 1. The van der Waals surface area contributed by atoms with E-state index in [0.29, 0.717) is 22.3 Å². The van der Waals surface area contributed by atoms with Gasteiger partial charge in [-0.2, -0.15) is 0 Å². The predicted molar refractivity (Wildman–Crippen MR) is 91.1 cm³/mol. The molecular weight excluding hydrogens is 362 g/mol. The monoisotopic (exact) mass is 373 g/mol. The Balaban J connectivity index is 1.95. The highest BCUT2D eigenvalue weighted by Gasteiger charge is 2.11. The number of hydrogen-bond donors (Lipinski definition) is 1. The number of nitrogens with one attached hydrogen (secondary N) is 1. The predicted octanol–water partition coefficient (Wildman–Crippen LogP) is 3.82. The summed E-state index contributed by atoms with van der Waals surface area (Å²) in [6, 6.07) is 13.5. The van der Waals surface area contributed by atoms with Crippen molar-refractivity contribution in [1.82, 2.24) is 0 Å². The van der Waals surface area contributed by atoms with Gasteiger partial charge in [0, 0.05) is 15.4 Å². The van der Waals surface area contributed by atoms with E-state index in [2.05, 4.69) is 21.2 Å². The number of carbonyl (C=O) groups is 1. The van der Waals surface area contributed by atoms with Crippen molar-refractivity contribution in [3.63, 3.8) is 0 Å². The van der Waals surface area contributed by atoms with Gasteiger partial charge in [-0.05, 0) is 48.5 Å². The number of hydrogen-bond acceptors (Lipinski definition) is 4. The van der Waals surface area contributed by atoms with Crippen LogP contribution < -0.4 is 15.7 Å². The lowest BCUT2D eigenvalue weighted by Crippen LogP contribution is -2.17. The van der Waals surface area contributed by atoms with Gasteiger partial charge in [-0.15, -0.1) is 0 Å². The molecule has 0 saturated heterocycles. The van der Waals surface area contributed by atoms with Crippen LogP contribution in [0.15, 0.2) is 62.2 Å². The molecule has 1 heterocycles. The fourth-order valence-electron chi connectivity index (χ4n) is 2.11. The third-order valence-electron chi connectivity index (χ3n) is 3.29. The van der Waals surface area contributed by atoms with Crippen LogP contribution in [0.2, 0.25) is 0 Å². The summed E-state index contributed by atoms with van der Waals surface area (Å²) in [5.74, 6) is 0.253. The Bertz CT molecular complexity index is 931. The first-order valence-electron chi connectivity index (χ1n) is 6.75. The summed E-state index contributed by atoms with van der Waals surface area (Å²) in [5.41, 5.74) is 0.350. The zero-order valence-electron chi connectivity index (χ0n) is 12.1. The summed E-state index contributed by atoms with van der Waals surface area (Å²) in [6.45, 7) is 0. The van der Waals surface area contributed by atoms with Crippen molar-refractivity contribution in [3.8, 4) is 5.75 Å². The molecule has 3 rings (SSSR count). The highest BCUT2D eigenvalue weighted by atomic mass is 79.9. The van der Waals surface area contributed by atoms with Gasteiger partial charge >= 0.3 is 5.63 Å². The van der Waals surface area contributed by atoms with Crippen LogP contribution in [0.1, 0.15) is 10.4 Å². The summed E-state index contributed by atoms with van der Waals surface area (Å²) >= 11 is 3.31. The third kappa shape index (κ3) is 3.27. The Hall–Kier alpha value is -2.60. The molecule has 23 heavy (non-hydrogen) atoms. The molecule has 0 bridgehead atoms. The Morgan fingerprint density at radius 2 is 1.87 bits per heavy atom. The minimum Gasteiger partial charge on any atom is -0.497 e. The maximum atomic E-state index is 12.2. The molecule has 0 fully saturated rings. The van der Waals surface area contributed by atoms with Gasteiger partial charge in [0.25, 0.3) is 5.91 Å². The molecule has 5 nitrogen and oxygen atoms in total. The van der Waals surface area contributed by atoms with Gasteiger partial charge in [-0.25, -0.2) is 4.79 Å². The summed E-state index contributed by atoms with van der Waals surface area (Å²) in [4.78, 5) is 24.2. The Morgan fingerprint density at radius 3 is 2.57 bits per heavy atom. The van der Waals surface area contributed by atoms with E-state index in [1.54, 1.807) is 55.6 Å². The van der Waals surface area contributed by atoms with Gasteiger partial charge in [-0.3, -0.25) is 4.79 Å². The number of halogens is 1. The van der Waals surface area contributed by atoms with Crippen LogP contribution in [0.5, 0.6) is 5.75 Å². The van der Waals surface area contributed by atoms with E-state index in [9.17, 15) is 9.59 Å². The van der Waals surface area contributed by atoms with Crippen molar-refractivity contribution in [1.29, 1.82) is 0 Å². The van der Waals surface area contributed by atoms with Gasteiger partial charge in [0.1, 0.15) is 17.0 Å². The van der Waals surface area contributed by atoms with Crippen LogP contribution in [-0.4, -0.2) is 13.0 Å². The minimum atomic E-state index is -0.604. The maximum Gasteiger partial charge on any atom is 0.360 e. The second-order valence-corrected chi connectivity index (χ2v) is 5.73. The average Bonchev–Trinajstić information content (AvgIpc) is 2.55. The number of ether oxygens (including phenoxy) is 1. The molecule has 0 saturated carbocycles. The summed E-state index contributed by atoms with van der Waals surface area (Å²) < 4.78 is 11.2. The molecule has 0 spiro atoms. The van der Waals surface area contributed by atoms with Crippen LogP contribution >= 0.6 is 15.9 Å². The molecule has 0 unspecified atom stereocenters. The van der Waals surface area contributed by atoms with Gasteiger partial charge in [-0.1, -0.05) is 15.9 Å². The van der Waals surface area contributed by atoms with Crippen molar-refractivity contribution >= 4 is 38.5 Å². The molecule has 6 heteroatoms. The molecule has 0 aliphatic carbocycles. The first-order valence-corrected chi connectivity index (χ1v) is 7.55. The van der Waals surface area contributed by atoms with E-state index in [4.69, 9.17) is 9.15 Å². The molecule has 0 aliphatic heterocycles. The van der Waals surface area contributed by atoms with Gasteiger partial charge in [0.15, 0.2) is 0 Å². The zero-order chi connectivity index (χ0) is 16.4. The topological polar surface area (TPSA) is 68.5 Å². The molecule has 116 valence electrons. The van der Waals surface area contributed by atoms with E-state index in [-0.39, 0.29) is 11.6 Å². The zero-order valence-corrected chi connectivity index (χ0v) is 13.7. The van der Waals surface area contributed by atoms with E-state index < -0.39 is 5.63 Å². The van der Waals surface area contributed by atoms with Crippen LogP contribution in [0.4, 0.5) is 5.69 Å². The normalized spacial score (nSPS) is 10.5. The quantitative estimate of drug-likeness (QED) is 0.708. The average molecular weight is 374 g/mol. The second-order valence-electron chi connectivity index (χ2n) is 4.81. The number of amides is 1. The lowest BCUT2D eigenvalue weighted by molar-refractivity contribution is 0.102. The molecule has 3 aromatic rings. The summed E-state index contributed by atoms with van der Waals surface area (Å²) in [7, 11) is 1.55. The smallest absolute Gasteiger partial charge is 0.360 e. The molecule has 1 amide bonds. The number of anilines is 1. The Morgan fingerprint density at radius 1 is 1.13 bits per heavy atom. The van der Waals surface area contributed by atoms with Crippen molar-refractivity contribution in [2.75, 3.05) is 12.4 Å². The molecule has 0 atom stereocenters. The van der Waals surface area contributed by atoms with Crippen molar-refractivity contribution in [2.45, 2.75) is 0 Å². The highest BCUT2D eigenvalue weighted by Crippen LogP contribution is 2.22. The van der Waals surface area contributed by atoms with Crippen LogP contribution in [-0.2, 0) is 0 Å². The molecular formula is C17H12BrNO4. The first-order chi connectivity index (χ1) is 11.1. The van der Waals surface area contributed by atoms with Gasteiger partial charge in [0.05, 0.1) is 7.11 Å². The fourth-order valence-corrected chi connectivity index (χ4v) is 2.38. The number of benzene rings is 2. The molecule has 0 aliphatic rings. The van der Waals surface area contributed by atoms with Crippen molar-refractivity contribution < 1.29 is 13.9 Å². The van der Waals surface area contributed by atoms with Gasteiger partial charge < -0.3 is 14.5 Å². The molecule has 0 radical (unpaired) electrons. The lowest BCUT2D eigenvalue weighted by atomic mass is 10.2. The minimum absolute atomic E-state index is 0.0821. The Kier molecular flexibility index (Phi) is 4.16. The second kappa shape index (κ2) is 6.26. The number of methoxy groups -OCH3 is 1. The first kappa shape index (κ1) is 15.3.